The summed E-state index contributed by atoms with van der Waals surface area (Å²) in [6.07, 6.45) is 4.92. The topological polar surface area (TPSA) is 73.1 Å². The highest BCUT2D eigenvalue weighted by Gasteiger charge is 2.25. The van der Waals surface area contributed by atoms with Gasteiger partial charge < -0.3 is 14.2 Å². The normalized spacial score (nSPS) is 15.2. The van der Waals surface area contributed by atoms with Crippen molar-refractivity contribution in [1.29, 1.82) is 0 Å². The van der Waals surface area contributed by atoms with E-state index in [1.54, 1.807) is 0 Å². The Kier molecular flexibility index (Phi) is 6.91. The van der Waals surface area contributed by atoms with Gasteiger partial charge in [-0.1, -0.05) is 39.0 Å². The molecule has 0 aliphatic carbocycles. The number of nitrogens with zero attached hydrogens (tertiary/aromatic N) is 5. The van der Waals surface area contributed by atoms with Crippen LogP contribution in [0, 0.1) is 12.8 Å². The summed E-state index contributed by atoms with van der Waals surface area (Å²) in [5.41, 5.74) is 6.70. The monoisotopic (exact) mass is 463 g/mol. The molecule has 7 heteroatoms. The summed E-state index contributed by atoms with van der Waals surface area (Å²) in [5.74, 6) is 0.999. The number of rotatable bonds is 6. The van der Waals surface area contributed by atoms with Crippen LogP contribution in [0.25, 0.3) is 11.2 Å². The number of aryl methyl sites for hydroxylation is 2. The van der Waals surface area contributed by atoms with E-state index in [0.717, 1.165) is 55.2 Å². The SMILES string of the molecule is CCOC(=O)CC1CCN(c2nc(Cc3cc(C(C)(C)C)ccc3C)c3c(ncn3C)n2)CC1. The minimum absolute atomic E-state index is 0.0923. The third-order valence-electron chi connectivity index (χ3n) is 6.86. The van der Waals surface area contributed by atoms with E-state index in [4.69, 9.17) is 14.7 Å². The molecule has 0 saturated carbocycles. The standard InChI is InChI=1S/C27H37N5O2/c1-7-34-23(33)14-19-10-12-32(13-11-19)26-29-22(24-25(30-26)28-17-31(24)6)16-20-15-21(27(3,4)5)9-8-18(20)2/h8-9,15,17,19H,7,10-14,16H2,1-6H3. The summed E-state index contributed by atoms with van der Waals surface area (Å²) in [6.45, 7) is 12.9. The molecule has 4 rings (SSSR count). The Bertz CT molecular complexity index is 1170. The van der Waals surface area contributed by atoms with Gasteiger partial charge in [-0.2, -0.15) is 4.98 Å². The van der Waals surface area contributed by atoms with E-state index in [9.17, 15) is 4.79 Å². The number of hydrogen-bond acceptors (Lipinski definition) is 6. The van der Waals surface area contributed by atoms with Crippen LogP contribution in [0.5, 0.6) is 0 Å². The number of benzene rings is 1. The van der Waals surface area contributed by atoms with E-state index in [1.807, 2.05) is 24.9 Å². The van der Waals surface area contributed by atoms with Gasteiger partial charge in [0.25, 0.3) is 0 Å². The largest absolute Gasteiger partial charge is 0.466 e. The maximum Gasteiger partial charge on any atom is 0.306 e. The maximum absolute atomic E-state index is 11.9. The fraction of sp³-hybridized carbons (Fsp3) is 0.556. The minimum atomic E-state index is -0.0951. The molecule has 1 aliphatic rings. The Hall–Kier alpha value is -2.96. The molecule has 0 bridgehead atoms. The lowest BCUT2D eigenvalue weighted by molar-refractivity contribution is -0.144. The average molecular weight is 464 g/mol. The van der Waals surface area contributed by atoms with Crippen LogP contribution in [0.1, 0.15) is 69.3 Å². The van der Waals surface area contributed by atoms with E-state index in [1.165, 1.54) is 16.7 Å². The van der Waals surface area contributed by atoms with Crippen LogP contribution in [0.3, 0.4) is 0 Å². The summed E-state index contributed by atoms with van der Waals surface area (Å²) in [5, 5.41) is 0. The minimum Gasteiger partial charge on any atom is -0.466 e. The molecule has 1 saturated heterocycles. The average Bonchev–Trinajstić information content (AvgIpc) is 3.16. The van der Waals surface area contributed by atoms with Crippen molar-refractivity contribution in [2.24, 2.45) is 13.0 Å². The molecule has 2 aromatic heterocycles. The lowest BCUT2D eigenvalue weighted by Crippen LogP contribution is -2.35. The van der Waals surface area contributed by atoms with Crippen molar-refractivity contribution < 1.29 is 9.53 Å². The molecule has 1 aliphatic heterocycles. The molecule has 0 unspecified atom stereocenters. The van der Waals surface area contributed by atoms with E-state index < -0.39 is 0 Å². The maximum atomic E-state index is 11.9. The van der Waals surface area contributed by atoms with Crippen molar-refractivity contribution in [3.8, 4) is 0 Å². The number of carbonyl (C=O) groups excluding carboxylic acids is 1. The summed E-state index contributed by atoms with van der Waals surface area (Å²) >= 11 is 0. The zero-order valence-corrected chi connectivity index (χ0v) is 21.4. The number of fused-ring (bicyclic) bond motifs is 1. The zero-order valence-electron chi connectivity index (χ0n) is 21.4. The predicted octanol–water partition coefficient (Wildman–Crippen LogP) is 4.73. The van der Waals surface area contributed by atoms with Gasteiger partial charge in [-0.3, -0.25) is 4.79 Å². The number of anilines is 1. The van der Waals surface area contributed by atoms with E-state index >= 15 is 0 Å². The summed E-state index contributed by atoms with van der Waals surface area (Å²) < 4.78 is 7.15. The van der Waals surface area contributed by atoms with E-state index in [-0.39, 0.29) is 11.4 Å². The smallest absolute Gasteiger partial charge is 0.306 e. The van der Waals surface area contributed by atoms with Gasteiger partial charge in [-0.05, 0) is 54.7 Å². The van der Waals surface area contributed by atoms with Crippen molar-refractivity contribution in [2.75, 3.05) is 24.6 Å². The quantitative estimate of drug-likeness (QED) is 0.492. The van der Waals surface area contributed by atoms with Crippen LogP contribution in [-0.2, 0) is 28.4 Å². The van der Waals surface area contributed by atoms with Crippen LogP contribution in [0.15, 0.2) is 24.5 Å². The second-order valence-corrected chi connectivity index (χ2v) is 10.5. The number of imidazole rings is 1. The Morgan fingerprint density at radius 3 is 2.59 bits per heavy atom. The van der Waals surface area contributed by atoms with Crippen molar-refractivity contribution >= 4 is 23.1 Å². The van der Waals surface area contributed by atoms with Gasteiger partial charge in [0.15, 0.2) is 5.65 Å². The Morgan fingerprint density at radius 2 is 1.91 bits per heavy atom. The van der Waals surface area contributed by atoms with Crippen molar-refractivity contribution in [1.82, 2.24) is 19.5 Å². The van der Waals surface area contributed by atoms with Crippen molar-refractivity contribution in [2.45, 2.75) is 65.7 Å². The molecular formula is C27H37N5O2. The molecule has 7 nitrogen and oxygen atoms in total. The van der Waals surface area contributed by atoms with Crippen LogP contribution in [0.2, 0.25) is 0 Å². The number of ether oxygens (including phenoxy) is 1. The predicted molar refractivity (Wildman–Crippen MR) is 135 cm³/mol. The van der Waals surface area contributed by atoms with Gasteiger partial charge in [-0.15, -0.1) is 0 Å². The molecular weight excluding hydrogens is 426 g/mol. The zero-order chi connectivity index (χ0) is 24.5. The van der Waals surface area contributed by atoms with Crippen LogP contribution in [-0.4, -0.2) is 45.2 Å². The third-order valence-corrected chi connectivity index (χ3v) is 6.86. The van der Waals surface area contributed by atoms with E-state index in [2.05, 4.69) is 55.8 Å². The molecule has 0 N–H and O–H groups in total. The molecule has 0 atom stereocenters. The first-order chi connectivity index (χ1) is 16.2. The van der Waals surface area contributed by atoms with Crippen LogP contribution in [0.4, 0.5) is 5.95 Å². The highest BCUT2D eigenvalue weighted by atomic mass is 16.5. The molecule has 3 aromatic rings. The molecule has 1 aromatic carbocycles. The van der Waals surface area contributed by atoms with Gasteiger partial charge in [0.1, 0.15) is 5.52 Å². The highest BCUT2D eigenvalue weighted by molar-refractivity contribution is 5.75. The van der Waals surface area contributed by atoms with Crippen molar-refractivity contribution in [3.05, 3.63) is 46.9 Å². The highest BCUT2D eigenvalue weighted by Crippen LogP contribution is 2.29. The fourth-order valence-electron chi connectivity index (χ4n) is 4.69. The fourth-order valence-corrected chi connectivity index (χ4v) is 4.69. The number of aromatic nitrogens is 4. The van der Waals surface area contributed by atoms with Gasteiger partial charge in [0.05, 0.1) is 18.6 Å². The summed E-state index contributed by atoms with van der Waals surface area (Å²) in [6, 6.07) is 6.76. The first kappa shape index (κ1) is 24.2. The van der Waals surface area contributed by atoms with Crippen molar-refractivity contribution in [3.63, 3.8) is 0 Å². The molecule has 3 heterocycles. The van der Waals surface area contributed by atoms with Crippen LogP contribution < -0.4 is 4.90 Å². The Labute approximate surface area is 202 Å². The van der Waals surface area contributed by atoms with Gasteiger partial charge in [0.2, 0.25) is 5.95 Å². The van der Waals surface area contributed by atoms with Gasteiger partial charge >= 0.3 is 5.97 Å². The Morgan fingerprint density at radius 1 is 1.18 bits per heavy atom. The van der Waals surface area contributed by atoms with Gasteiger partial charge in [-0.25, -0.2) is 9.97 Å². The van der Waals surface area contributed by atoms with Crippen LogP contribution >= 0.6 is 0 Å². The van der Waals surface area contributed by atoms with E-state index in [0.29, 0.717) is 18.9 Å². The first-order valence-electron chi connectivity index (χ1n) is 12.3. The molecule has 1 fully saturated rings. The number of carbonyl (C=O) groups is 1. The molecule has 34 heavy (non-hydrogen) atoms. The number of hydrogen-bond donors (Lipinski definition) is 0. The number of esters is 1. The summed E-state index contributed by atoms with van der Waals surface area (Å²) in [4.78, 5) is 28.5. The first-order valence-corrected chi connectivity index (χ1v) is 12.3. The molecule has 182 valence electrons. The lowest BCUT2D eigenvalue weighted by Gasteiger charge is -2.31. The second-order valence-electron chi connectivity index (χ2n) is 10.5. The lowest BCUT2D eigenvalue weighted by atomic mass is 9.84. The third kappa shape index (κ3) is 5.24. The van der Waals surface area contributed by atoms with Gasteiger partial charge in [0, 0.05) is 33.0 Å². The molecule has 0 amide bonds. The Balaban J connectivity index is 1.60. The second kappa shape index (κ2) is 9.72. The molecule has 0 spiro atoms. The summed E-state index contributed by atoms with van der Waals surface area (Å²) in [7, 11) is 2.00. The number of piperidine rings is 1. The molecule has 0 radical (unpaired) electrons.